The molecule has 3 heterocycles. The molecule has 0 unspecified atom stereocenters. The fraction of sp³-hybridized carbons (Fsp3) is 0.167. The summed E-state index contributed by atoms with van der Waals surface area (Å²) < 4.78 is 0. The summed E-state index contributed by atoms with van der Waals surface area (Å²) in [6.45, 7) is 2.81. The number of aryl methyl sites for hydroxylation is 1. The van der Waals surface area contributed by atoms with Crippen molar-refractivity contribution in [2.24, 2.45) is 0 Å². The number of benzene rings is 1. The maximum atomic E-state index is 6.01. The predicted molar refractivity (Wildman–Crippen MR) is 107 cm³/mol. The van der Waals surface area contributed by atoms with Gasteiger partial charge in [-0.3, -0.25) is 0 Å². The number of nitrogens with one attached hydrogen (secondary N) is 1. The van der Waals surface area contributed by atoms with Gasteiger partial charge in [-0.05, 0) is 24.6 Å². The van der Waals surface area contributed by atoms with Crippen LogP contribution in [0.4, 0.5) is 5.82 Å². The minimum atomic E-state index is 0.733. The summed E-state index contributed by atoms with van der Waals surface area (Å²) in [6.07, 6.45) is 2.48. The lowest BCUT2D eigenvalue weighted by Crippen LogP contribution is -2.07. The number of anilines is 1. The highest BCUT2D eigenvalue weighted by atomic mass is 35.5. The van der Waals surface area contributed by atoms with Crippen molar-refractivity contribution in [3.05, 3.63) is 57.1 Å². The third-order valence-corrected chi connectivity index (χ3v) is 5.83. The molecule has 0 saturated heterocycles. The van der Waals surface area contributed by atoms with Crippen LogP contribution in [-0.2, 0) is 6.42 Å². The Morgan fingerprint density at radius 2 is 1.92 bits per heavy atom. The van der Waals surface area contributed by atoms with Gasteiger partial charge in [0.1, 0.15) is 17.0 Å². The van der Waals surface area contributed by atoms with E-state index in [9.17, 15) is 0 Å². The zero-order valence-corrected chi connectivity index (χ0v) is 15.9. The van der Waals surface area contributed by atoms with Gasteiger partial charge in [0.15, 0.2) is 0 Å². The Bertz CT molecular complexity index is 1010. The molecule has 0 bridgehead atoms. The van der Waals surface area contributed by atoms with Crippen molar-refractivity contribution in [1.29, 1.82) is 0 Å². The van der Waals surface area contributed by atoms with Crippen LogP contribution in [0.15, 0.2) is 41.4 Å². The molecule has 126 valence electrons. The first-order valence-electron chi connectivity index (χ1n) is 7.84. The van der Waals surface area contributed by atoms with Crippen LogP contribution in [0.2, 0.25) is 5.02 Å². The maximum Gasteiger partial charge on any atom is 0.138 e. The van der Waals surface area contributed by atoms with Crippen LogP contribution in [0.5, 0.6) is 0 Å². The normalized spacial score (nSPS) is 11.1. The second-order valence-electron chi connectivity index (χ2n) is 5.59. The van der Waals surface area contributed by atoms with Gasteiger partial charge in [0.05, 0.1) is 16.1 Å². The van der Waals surface area contributed by atoms with Crippen molar-refractivity contribution in [3.63, 3.8) is 0 Å². The number of thiazole rings is 1. The van der Waals surface area contributed by atoms with Crippen molar-refractivity contribution in [1.82, 2.24) is 15.0 Å². The minimum Gasteiger partial charge on any atom is -0.369 e. The fourth-order valence-electron chi connectivity index (χ4n) is 2.68. The number of thiophene rings is 1. The molecule has 0 aliphatic rings. The van der Waals surface area contributed by atoms with Crippen LogP contribution >= 0.6 is 34.3 Å². The number of rotatable bonds is 5. The highest BCUT2D eigenvalue weighted by Gasteiger charge is 2.13. The van der Waals surface area contributed by atoms with E-state index in [0.29, 0.717) is 0 Å². The van der Waals surface area contributed by atoms with E-state index < -0.39 is 0 Å². The molecule has 0 aliphatic heterocycles. The molecule has 0 amide bonds. The Hall–Kier alpha value is -2.02. The largest absolute Gasteiger partial charge is 0.369 e. The van der Waals surface area contributed by atoms with Gasteiger partial charge >= 0.3 is 0 Å². The molecule has 1 aromatic carbocycles. The molecule has 0 aliphatic carbocycles. The van der Waals surface area contributed by atoms with Gasteiger partial charge in [-0.2, -0.15) is 0 Å². The van der Waals surface area contributed by atoms with E-state index >= 15 is 0 Å². The summed E-state index contributed by atoms with van der Waals surface area (Å²) in [7, 11) is 0. The number of aromatic nitrogens is 3. The zero-order chi connectivity index (χ0) is 17.2. The highest BCUT2D eigenvalue weighted by Crippen LogP contribution is 2.36. The van der Waals surface area contributed by atoms with Crippen molar-refractivity contribution in [2.45, 2.75) is 13.3 Å². The van der Waals surface area contributed by atoms with E-state index in [1.165, 1.54) is 0 Å². The lowest BCUT2D eigenvalue weighted by atomic mass is 10.1. The molecular formula is C18H15ClN4S2. The van der Waals surface area contributed by atoms with E-state index in [1.807, 2.05) is 31.2 Å². The molecule has 0 saturated carbocycles. The van der Waals surface area contributed by atoms with Crippen molar-refractivity contribution < 1.29 is 0 Å². The molecule has 1 N–H and O–H groups in total. The van der Waals surface area contributed by atoms with Gasteiger partial charge in [-0.15, -0.1) is 22.7 Å². The van der Waals surface area contributed by atoms with Gasteiger partial charge in [-0.1, -0.05) is 23.7 Å². The SMILES string of the molecule is Cc1nc(CCNc2ncnc3scc(-c4ccc(Cl)cc4)c23)cs1. The maximum absolute atomic E-state index is 6.01. The Morgan fingerprint density at radius 1 is 1.08 bits per heavy atom. The zero-order valence-electron chi connectivity index (χ0n) is 13.5. The van der Waals surface area contributed by atoms with Gasteiger partial charge < -0.3 is 5.32 Å². The van der Waals surface area contributed by atoms with Crippen LogP contribution in [-0.4, -0.2) is 21.5 Å². The average molecular weight is 387 g/mol. The fourth-order valence-corrected chi connectivity index (χ4v) is 4.37. The summed E-state index contributed by atoms with van der Waals surface area (Å²) >= 11 is 9.32. The number of nitrogens with zero attached hydrogens (tertiary/aromatic N) is 3. The molecule has 7 heteroatoms. The molecule has 4 rings (SSSR count). The van der Waals surface area contributed by atoms with E-state index in [2.05, 4.69) is 31.0 Å². The summed E-state index contributed by atoms with van der Waals surface area (Å²) in [4.78, 5) is 14.3. The van der Waals surface area contributed by atoms with E-state index in [0.717, 1.165) is 55.9 Å². The molecule has 3 aromatic heterocycles. The third kappa shape index (κ3) is 3.51. The van der Waals surface area contributed by atoms with E-state index in [1.54, 1.807) is 29.0 Å². The first-order valence-corrected chi connectivity index (χ1v) is 9.97. The minimum absolute atomic E-state index is 0.733. The van der Waals surface area contributed by atoms with Crippen LogP contribution < -0.4 is 5.32 Å². The Kier molecular flexibility index (Phi) is 4.65. The Morgan fingerprint density at radius 3 is 2.68 bits per heavy atom. The molecule has 0 atom stereocenters. The molecule has 0 radical (unpaired) electrons. The van der Waals surface area contributed by atoms with E-state index in [-0.39, 0.29) is 0 Å². The topological polar surface area (TPSA) is 50.7 Å². The molecule has 4 nitrogen and oxygen atoms in total. The van der Waals surface area contributed by atoms with Crippen LogP contribution in [0, 0.1) is 6.92 Å². The Labute approximate surface area is 158 Å². The van der Waals surface area contributed by atoms with Gasteiger partial charge in [0.25, 0.3) is 0 Å². The first-order chi connectivity index (χ1) is 12.2. The summed E-state index contributed by atoms with van der Waals surface area (Å²) in [5.74, 6) is 0.864. The molecule has 0 spiro atoms. The van der Waals surface area contributed by atoms with Crippen molar-refractivity contribution >= 4 is 50.3 Å². The summed E-state index contributed by atoms with van der Waals surface area (Å²) in [5, 5.41) is 10.6. The number of halogens is 1. The number of fused-ring (bicyclic) bond motifs is 1. The monoisotopic (exact) mass is 386 g/mol. The molecule has 25 heavy (non-hydrogen) atoms. The summed E-state index contributed by atoms with van der Waals surface area (Å²) in [6, 6.07) is 7.86. The number of hydrogen-bond acceptors (Lipinski definition) is 6. The van der Waals surface area contributed by atoms with Gasteiger partial charge in [0, 0.05) is 34.3 Å². The lowest BCUT2D eigenvalue weighted by Gasteiger charge is -2.08. The van der Waals surface area contributed by atoms with Crippen molar-refractivity contribution in [3.8, 4) is 11.1 Å². The number of hydrogen-bond donors (Lipinski definition) is 1. The van der Waals surface area contributed by atoms with Crippen molar-refractivity contribution in [2.75, 3.05) is 11.9 Å². The molecule has 4 aromatic rings. The van der Waals surface area contributed by atoms with E-state index in [4.69, 9.17) is 11.6 Å². The third-order valence-electron chi connectivity index (χ3n) is 3.87. The summed E-state index contributed by atoms with van der Waals surface area (Å²) in [5.41, 5.74) is 3.36. The molecular weight excluding hydrogens is 372 g/mol. The lowest BCUT2D eigenvalue weighted by molar-refractivity contribution is 0.961. The average Bonchev–Trinajstić information content (AvgIpc) is 3.22. The molecule has 0 fully saturated rings. The highest BCUT2D eigenvalue weighted by molar-refractivity contribution is 7.17. The van der Waals surface area contributed by atoms with Crippen LogP contribution in [0.3, 0.4) is 0 Å². The van der Waals surface area contributed by atoms with Crippen LogP contribution in [0.25, 0.3) is 21.3 Å². The second kappa shape index (κ2) is 7.07. The second-order valence-corrected chi connectivity index (χ2v) is 7.95. The Balaban J connectivity index is 1.62. The predicted octanol–water partition coefficient (Wildman–Crippen LogP) is 5.43. The quantitative estimate of drug-likeness (QED) is 0.496. The van der Waals surface area contributed by atoms with Gasteiger partial charge in [0.2, 0.25) is 0 Å². The smallest absolute Gasteiger partial charge is 0.138 e. The van der Waals surface area contributed by atoms with Gasteiger partial charge in [-0.25, -0.2) is 15.0 Å². The first kappa shape index (κ1) is 16.4. The standard InChI is InChI=1S/C18H15ClN4S2/c1-11-23-14(8-24-11)6-7-20-17-16-15(9-25-18(16)22-10-21-17)12-2-4-13(19)5-3-12/h2-5,8-10H,6-7H2,1H3,(H,20,21,22). The van der Waals surface area contributed by atoms with Crippen LogP contribution in [0.1, 0.15) is 10.7 Å².